The van der Waals surface area contributed by atoms with Crippen molar-refractivity contribution < 1.29 is 0 Å². The summed E-state index contributed by atoms with van der Waals surface area (Å²) in [5.41, 5.74) is 9.17. The Morgan fingerprint density at radius 2 is 1.30 bits per heavy atom. The molecule has 0 aliphatic heterocycles. The number of hydrogen-bond donors (Lipinski definition) is 1. The van der Waals surface area contributed by atoms with E-state index in [1.807, 2.05) is 29.2 Å². The molecule has 2 nitrogen and oxygen atoms in total. The van der Waals surface area contributed by atoms with Gasteiger partial charge in [-0.2, -0.15) is 0 Å². The molecule has 0 radical (unpaired) electrons. The summed E-state index contributed by atoms with van der Waals surface area (Å²) >= 11 is 0. The van der Waals surface area contributed by atoms with Crippen LogP contribution in [-0.4, -0.2) is 4.68 Å². The summed E-state index contributed by atoms with van der Waals surface area (Å²) in [4.78, 5) is 0. The highest BCUT2D eigenvalue weighted by Gasteiger charge is 2.24. The van der Waals surface area contributed by atoms with Gasteiger partial charge >= 0.3 is 0 Å². The number of hydrogen-bond acceptors (Lipinski definition) is 1. The summed E-state index contributed by atoms with van der Waals surface area (Å²) in [6, 6.07) is 21.7. The maximum absolute atomic E-state index is 3.59. The van der Waals surface area contributed by atoms with Crippen molar-refractivity contribution in [2.24, 2.45) is 0 Å². The predicted octanol–water partition coefficient (Wildman–Crippen LogP) is 3.73. The highest BCUT2D eigenvalue weighted by atomic mass is 15.4. The van der Waals surface area contributed by atoms with E-state index in [9.17, 15) is 0 Å². The van der Waals surface area contributed by atoms with E-state index in [1.165, 1.54) is 22.3 Å². The van der Waals surface area contributed by atoms with Crippen molar-refractivity contribution in [2.75, 3.05) is 5.43 Å². The first-order valence-corrected chi connectivity index (χ1v) is 6.97. The fourth-order valence-electron chi connectivity index (χ4n) is 3.04. The van der Waals surface area contributed by atoms with Gasteiger partial charge < -0.3 is 5.43 Å². The Morgan fingerprint density at radius 3 is 1.90 bits per heavy atom. The van der Waals surface area contributed by atoms with Crippen molar-refractivity contribution in [3.05, 3.63) is 95.3 Å². The van der Waals surface area contributed by atoms with Gasteiger partial charge in [0.05, 0.1) is 6.04 Å². The van der Waals surface area contributed by atoms with Crippen molar-refractivity contribution in [1.82, 2.24) is 4.68 Å². The van der Waals surface area contributed by atoms with Gasteiger partial charge in [0, 0.05) is 12.4 Å². The molecule has 0 spiro atoms. The van der Waals surface area contributed by atoms with Gasteiger partial charge in [-0.15, -0.1) is 0 Å². The van der Waals surface area contributed by atoms with E-state index < -0.39 is 0 Å². The fraction of sp³-hybridized carbons (Fsp3) is 0.111. The van der Waals surface area contributed by atoms with Gasteiger partial charge in [0.2, 0.25) is 0 Å². The Kier molecular flexibility index (Phi) is 2.59. The summed E-state index contributed by atoms with van der Waals surface area (Å²) < 4.78 is 2.03. The first-order valence-electron chi connectivity index (χ1n) is 6.97. The van der Waals surface area contributed by atoms with E-state index in [1.54, 1.807) is 0 Å². The molecule has 0 saturated carbocycles. The van der Waals surface area contributed by atoms with Crippen LogP contribution in [0.3, 0.4) is 0 Å². The second-order valence-corrected chi connectivity index (χ2v) is 5.23. The lowest BCUT2D eigenvalue weighted by Gasteiger charge is -2.30. The van der Waals surface area contributed by atoms with Gasteiger partial charge in [-0.1, -0.05) is 48.5 Å². The van der Waals surface area contributed by atoms with Crippen LogP contribution in [0.1, 0.15) is 28.3 Å². The summed E-state index contributed by atoms with van der Waals surface area (Å²) in [6.45, 7) is 0. The van der Waals surface area contributed by atoms with Gasteiger partial charge in [0.25, 0.3) is 0 Å². The van der Waals surface area contributed by atoms with Gasteiger partial charge in [0.15, 0.2) is 0 Å². The van der Waals surface area contributed by atoms with Gasteiger partial charge in [-0.25, -0.2) is 0 Å². The molecule has 1 aliphatic rings. The number of benzene rings is 2. The van der Waals surface area contributed by atoms with E-state index in [-0.39, 0.29) is 6.04 Å². The monoisotopic (exact) mass is 260 g/mol. The maximum atomic E-state index is 3.59. The summed E-state index contributed by atoms with van der Waals surface area (Å²) in [7, 11) is 0. The largest absolute Gasteiger partial charge is 0.314 e. The number of aromatic nitrogens is 1. The second-order valence-electron chi connectivity index (χ2n) is 5.23. The topological polar surface area (TPSA) is 17.0 Å². The molecule has 3 aromatic rings. The zero-order chi connectivity index (χ0) is 13.4. The van der Waals surface area contributed by atoms with Crippen molar-refractivity contribution >= 4 is 0 Å². The Morgan fingerprint density at radius 1 is 0.750 bits per heavy atom. The molecule has 0 saturated heterocycles. The summed E-state index contributed by atoms with van der Waals surface area (Å²) in [5, 5.41) is 0. The molecule has 0 amide bonds. The van der Waals surface area contributed by atoms with Gasteiger partial charge in [-0.3, -0.25) is 4.68 Å². The van der Waals surface area contributed by atoms with E-state index in [0.717, 1.165) is 6.42 Å². The van der Waals surface area contributed by atoms with Crippen LogP contribution in [0.2, 0.25) is 0 Å². The highest BCUT2D eigenvalue weighted by molar-refractivity contribution is 5.50. The molecule has 1 aromatic heterocycles. The molecule has 98 valence electrons. The minimum absolute atomic E-state index is 0.212. The number of nitrogens with zero attached hydrogens (tertiary/aromatic N) is 1. The van der Waals surface area contributed by atoms with E-state index in [4.69, 9.17) is 0 Å². The normalized spacial score (nSPS) is 13.6. The minimum atomic E-state index is 0.212. The first-order chi connectivity index (χ1) is 9.92. The molecule has 20 heavy (non-hydrogen) atoms. The average Bonchev–Trinajstić information content (AvgIpc) is 3.00. The first kappa shape index (κ1) is 11.4. The number of nitrogens with one attached hydrogen (secondary N) is 1. The van der Waals surface area contributed by atoms with Gasteiger partial charge in [0.1, 0.15) is 0 Å². The van der Waals surface area contributed by atoms with E-state index in [0.29, 0.717) is 0 Å². The van der Waals surface area contributed by atoms with Crippen LogP contribution in [0.15, 0.2) is 73.1 Å². The van der Waals surface area contributed by atoms with Crippen LogP contribution in [0, 0.1) is 0 Å². The zero-order valence-electron chi connectivity index (χ0n) is 11.2. The molecule has 2 heteroatoms. The lowest BCUT2D eigenvalue weighted by atomic mass is 9.83. The standard InChI is InChI=1S/C18H16N2/c1-3-9-16-14(7-1)13-15-8-2-4-10-17(15)18(16)19-20-11-5-6-12-20/h1-12,18-19H,13H2. The summed E-state index contributed by atoms with van der Waals surface area (Å²) in [6.07, 6.45) is 5.11. The van der Waals surface area contributed by atoms with Crippen LogP contribution >= 0.6 is 0 Å². The predicted molar refractivity (Wildman–Crippen MR) is 81.3 cm³/mol. The molecule has 1 heterocycles. The van der Waals surface area contributed by atoms with Crippen molar-refractivity contribution in [2.45, 2.75) is 12.5 Å². The lowest BCUT2D eigenvalue weighted by molar-refractivity contribution is 0.732. The van der Waals surface area contributed by atoms with E-state index >= 15 is 0 Å². The van der Waals surface area contributed by atoms with Crippen LogP contribution < -0.4 is 5.43 Å². The molecular weight excluding hydrogens is 244 g/mol. The zero-order valence-corrected chi connectivity index (χ0v) is 11.2. The van der Waals surface area contributed by atoms with Crippen LogP contribution in [0.4, 0.5) is 0 Å². The van der Waals surface area contributed by atoms with Crippen LogP contribution in [0.5, 0.6) is 0 Å². The Balaban J connectivity index is 1.84. The fourth-order valence-corrected chi connectivity index (χ4v) is 3.04. The van der Waals surface area contributed by atoms with Crippen LogP contribution in [-0.2, 0) is 6.42 Å². The Labute approximate surface area is 118 Å². The lowest BCUT2D eigenvalue weighted by Crippen LogP contribution is -2.25. The third kappa shape index (κ3) is 1.81. The second kappa shape index (κ2) is 4.57. The smallest absolute Gasteiger partial charge is 0.0929 e. The van der Waals surface area contributed by atoms with E-state index in [2.05, 4.69) is 54.0 Å². The molecule has 1 N–H and O–H groups in total. The molecular formula is C18H16N2. The Bertz CT molecular complexity index is 683. The molecule has 0 atom stereocenters. The molecule has 0 unspecified atom stereocenters. The Hall–Kier alpha value is -2.48. The third-order valence-corrected chi connectivity index (χ3v) is 4.00. The number of fused-ring (bicyclic) bond motifs is 2. The van der Waals surface area contributed by atoms with Gasteiger partial charge in [-0.05, 0) is 40.8 Å². The van der Waals surface area contributed by atoms with Crippen molar-refractivity contribution in [3.63, 3.8) is 0 Å². The highest BCUT2D eigenvalue weighted by Crippen LogP contribution is 2.35. The third-order valence-electron chi connectivity index (χ3n) is 4.00. The maximum Gasteiger partial charge on any atom is 0.0929 e. The molecule has 0 bridgehead atoms. The van der Waals surface area contributed by atoms with Crippen molar-refractivity contribution in [1.29, 1.82) is 0 Å². The van der Waals surface area contributed by atoms with Crippen molar-refractivity contribution in [3.8, 4) is 0 Å². The molecule has 4 rings (SSSR count). The minimum Gasteiger partial charge on any atom is -0.314 e. The van der Waals surface area contributed by atoms with Crippen LogP contribution in [0.25, 0.3) is 0 Å². The quantitative estimate of drug-likeness (QED) is 0.743. The molecule has 1 aliphatic carbocycles. The molecule has 0 fully saturated rings. The number of rotatable bonds is 2. The SMILES string of the molecule is c1ccc2c(c1)Cc1ccccc1C2Nn1cccc1. The molecule has 2 aromatic carbocycles. The summed E-state index contributed by atoms with van der Waals surface area (Å²) in [5.74, 6) is 0. The average molecular weight is 260 g/mol.